The van der Waals surface area contributed by atoms with Gasteiger partial charge in [0.05, 0.1) is 23.9 Å². The number of hydrogen-bond donors (Lipinski definition) is 2. The fourth-order valence-corrected chi connectivity index (χ4v) is 3.80. The van der Waals surface area contributed by atoms with E-state index in [1.807, 2.05) is 26.0 Å². The Morgan fingerprint density at radius 3 is 2.30 bits per heavy atom. The van der Waals surface area contributed by atoms with Gasteiger partial charge in [-0.3, -0.25) is 9.69 Å². The molecule has 0 saturated heterocycles. The predicted molar refractivity (Wildman–Crippen MR) is 102 cm³/mol. The lowest BCUT2D eigenvalue weighted by Crippen LogP contribution is -2.45. The zero-order valence-electron chi connectivity index (χ0n) is 15.5. The topological polar surface area (TPSA) is 72.9 Å². The number of rotatable bonds is 2. The van der Waals surface area contributed by atoms with Crippen LogP contribution in [0.5, 0.6) is 5.75 Å². The first-order valence-electron chi connectivity index (χ1n) is 8.81. The molecule has 0 unspecified atom stereocenters. The van der Waals surface area contributed by atoms with Crippen LogP contribution >= 0.6 is 0 Å². The summed E-state index contributed by atoms with van der Waals surface area (Å²) in [7, 11) is 1.68. The molecule has 2 N–H and O–H groups in total. The van der Waals surface area contributed by atoms with Crippen LogP contribution in [0.1, 0.15) is 22.7 Å². The van der Waals surface area contributed by atoms with Crippen molar-refractivity contribution in [3.8, 4) is 5.75 Å². The number of phenolic OH excluding ortho intramolecular Hbond substituents is 1. The monoisotopic (exact) mass is 363 g/mol. The molecule has 4 rings (SSSR count). The van der Waals surface area contributed by atoms with Crippen LogP contribution < -0.4 is 10.2 Å². The number of nitrogens with zero attached hydrogens (tertiary/aromatic N) is 2. The van der Waals surface area contributed by atoms with Crippen molar-refractivity contribution < 1.29 is 14.7 Å². The third-order valence-electron chi connectivity index (χ3n) is 5.10. The van der Waals surface area contributed by atoms with E-state index in [1.165, 1.54) is 4.90 Å². The summed E-state index contributed by atoms with van der Waals surface area (Å²) in [4.78, 5) is 29.0. The number of phenols is 1. The highest BCUT2D eigenvalue weighted by molar-refractivity contribution is 6.11. The molecule has 1 atom stereocenters. The smallest absolute Gasteiger partial charge is 0.322 e. The maximum absolute atomic E-state index is 13.3. The van der Waals surface area contributed by atoms with Crippen LogP contribution in [0.15, 0.2) is 53.7 Å². The van der Waals surface area contributed by atoms with Crippen molar-refractivity contribution in [3.63, 3.8) is 0 Å². The number of nitrogens with one attached hydrogen (secondary N) is 1. The Morgan fingerprint density at radius 1 is 1.04 bits per heavy atom. The molecule has 0 radical (unpaired) electrons. The number of anilines is 1. The maximum Gasteiger partial charge on any atom is 0.322 e. The zero-order chi connectivity index (χ0) is 19.3. The Morgan fingerprint density at radius 2 is 1.67 bits per heavy atom. The molecule has 0 fully saturated rings. The van der Waals surface area contributed by atoms with E-state index in [-0.39, 0.29) is 17.7 Å². The minimum absolute atomic E-state index is 0.111. The Labute approximate surface area is 157 Å². The van der Waals surface area contributed by atoms with E-state index in [1.54, 1.807) is 36.2 Å². The van der Waals surface area contributed by atoms with Gasteiger partial charge in [0.2, 0.25) is 0 Å². The largest absolute Gasteiger partial charge is 0.508 e. The van der Waals surface area contributed by atoms with Crippen LogP contribution in [-0.2, 0) is 4.79 Å². The van der Waals surface area contributed by atoms with Gasteiger partial charge in [0.25, 0.3) is 5.91 Å². The van der Waals surface area contributed by atoms with E-state index in [0.29, 0.717) is 17.8 Å². The molecule has 0 saturated carbocycles. The van der Waals surface area contributed by atoms with Crippen molar-refractivity contribution >= 4 is 17.6 Å². The zero-order valence-corrected chi connectivity index (χ0v) is 15.5. The lowest BCUT2D eigenvalue weighted by molar-refractivity contribution is -0.114. The van der Waals surface area contributed by atoms with Gasteiger partial charge in [0, 0.05) is 12.7 Å². The minimum atomic E-state index is -0.535. The first-order chi connectivity index (χ1) is 12.8. The standard InChI is InChI=1S/C21H21N3O3/c1-12-8-13(2)10-15(9-12)24-11-17-18(20(24)26)19(22-21(27)23(17)3)14-4-6-16(25)7-5-14/h4-10,19,25H,11H2,1-3H3,(H,22,27)/t19-/m1/s1. The Bertz CT molecular complexity index is 958. The number of likely N-dealkylation sites (N-methyl/N-ethyl adjacent to an activating group) is 1. The summed E-state index contributed by atoms with van der Waals surface area (Å²) in [6.07, 6.45) is 0. The molecule has 2 aromatic carbocycles. The summed E-state index contributed by atoms with van der Waals surface area (Å²) < 4.78 is 0. The number of hydrogen-bond acceptors (Lipinski definition) is 3. The molecule has 138 valence electrons. The predicted octanol–water partition coefficient (Wildman–Crippen LogP) is 3.01. The summed E-state index contributed by atoms with van der Waals surface area (Å²) in [6, 6.07) is 11.8. The lowest BCUT2D eigenvalue weighted by atomic mass is 9.95. The SMILES string of the molecule is Cc1cc(C)cc(N2CC3=C(C2=O)[C@@H](c2ccc(O)cc2)NC(=O)N3C)c1. The van der Waals surface area contributed by atoms with E-state index in [2.05, 4.69) is 11.4 Å². The van der Waals surface area contributed by atoms with Crippen molar-refractivity contribution in [2.45, 2.75) is 19.9 Å². The lowest BCUT2D eigenvalue weighted by Gasteiger charge is -2.31. The number of carbonyl (C=O) groups excluding carboxylic acids is 2. The number of urea groups is 1. The van der Waals surface area contributed by atoms with Gasteiger partial charge in [-0.25, -0.2) is 4.79 Å². The quantitative estimate of drug-likeness (QED) is 0.861. The summed E-state index contributed by atoms with van der Waals surface area (Å²) >= 11 is 0. The molecule has 0 aromatic heterocycles. The third-order valence-corrected chi connectivity index (χ3v) is 5.10. The molecule has 2 aliphatic heterocycles. The summed E-state index contributed by atoms with van der Waals surface area (Å²) in [5, 5.41) is 12.4. The van der Waals surface area contributed by atoms with Crippen LogP contribution in [0.25, 0.3) is 0 Å². The highest BCUT2D eigenvalue weighted by Gasteiger charge is 2.43. The number of benzene rings is 2. The molecule has 0 bridgehead atoms. The number of carbonyl (C=O) groups is 2. The van der Waals surface area contributed by atoms with Crippen LogP contribution in [0, 0.1) is 13.8 Å². The second-order valence-corrected chi connectivity index (χ2v) is 7.13. The molecule has 0 aliphatic carbocycles. The molecule has 2 heterocycles. The molecule has 6 nitrogen and oxygen atoms in total. The van der Waals surface area contributed by atoms with Gasteiger partial charge in [-0.15, -0.1) is 0 Å². The van der Waals surface area contributed by atoms with Gasteiger partial charge >= 0.3 is 6.03 Å². The fraction of sp³-hybridized carbons (Fsp3) is 0.238. The molecule has 3 amide bonds. The maximum atomic E-state index is 13.3. The van der Waals surface area contributed by atoms with Crippen molar-refractivity contribution in [3.05, 3.63) is 70.4 Å². The average molecular weight is 363 g/mol. The van der Waals surface area contributed by atoms with E-state index in [9.17, 15) is 14.7 Å². The summed E-state index contributed by atoms with van der Waals surface area (Å²) in [6.45, 7) is 4.36. The van der Waals surface area contributed by atoms with E-state index in [0.717, 1.165) is 22.4 Å². The van der Waals surface area contributed by atoms with E-state index in [4.69, 9.17) is 0 Å². The number of aryl methyl sites for hydroxylation is 2. The van der Waals surface area contributed by atoms with Crippen molar-refractivity contribution in [1.82, 2.24) is 10.2 Å². The highest BCUT2D eigenvalue weighted by Crippen LogP contribution is 2.38. The summed E-state index contributed by atoms with van der Waals surface area (Å²) in [5.74, 6) is 0.0294. The molecule has 2 aliphatic rings. The van der Waals surface area contributed by atoms with Crippen molar-refractivity contribution in [2.75, 3.05) is 18.5 Å². The third kappa shape index (κ3) is 2.83. The van der Waals surface area contributed by atoms with Crippen LogP contribution in [0.4, 0.5) is 10.5 Å². The van der Waals surface area contributed by atoms with E-state index < -0.39 is 6.04 Å². The van der Waals surface area contributed by atoms with Crippen LogP contribution in [0.2, 0.25) is 0 Å². The minimum Gasteiger partial charge on any atom is -0.508 e. The average Bonchev–Trinajstić information content (AvgIpc) is 2.96. The molecule has 27 heavy (non-hydrogen) atoms. The molecular weight excluding hydrogens is 342 g/mol. The van der Waals surface area contributed by atoms with Crippen LogP contribution in [0.3, 0.4) is 0 Å². The van der Waals surface area contributed by atoms with Crippen molar-refractivity contribution in [1.29, 1.82) is 0 Å². The highest BCUT2D eigenvalue weighted by atomic mass is 16.3. The second kappa shape index (κ2) is 6.16. The summed E-state index contributed by atoms with van der Waals surface area (Å²) in [5.41, 5.74) is 5.04. The van der Waals surface area contributed by atoms with Gasteiger partial charge < -0.3 is 15.3 Å². The second-order valence-electron chi connectivity index (χ2n) is 7.13. The molecule has 0 spiro atoms. The fourth-order valence-electron chi connectivity index (χ4n) is 3.80. The van der Waals surface area contributed by atoms with Crippen LogP contribution in [-0.4, -0.2) is 35.5 Å². The Hall–Kier alpha value is -3.28. The Kier molecular flexibility index (Phi) is 3.91. The first-order valence-corrected chi connectivity index (χ1v) is 8.81. The molecule has 2 aromatic rings. The molecular formula is C21H21N3O3. The van der Waals surface area contributed by atoms with Gasteiger partial charge in [-0.05, 0) is 54.8 Å². The normalized spacial score (nSPS) is 19.4. The number of amides is 3. The van der Waals surface area contributed by atoms with E-state index >= 15 is 0 Å². The van der Waals surface area contributed by atoms with Gasteiger partial charge in [0.15, 0.2) is 0 Å². The van der Waals surface area contributed by atoms with Gasteiger partial charge in [-0.2, -0.15) is 0 Å². The van der Waals surface area contributed by atoms with Gasteiger partial charge in [0.1, 0.15) is 5.75 Å². The number of aromatic hydroxyl groups is 1. The van der Waals surface area contributed by atoms with Gasteiger partial charge in [-0.1, -0.05) is 18.2 Å². The molecule has 6 heteroatoms. The van der Waals surface area contributed by atoms with Crippen molar-refractivity contribution in [2.24, 2.45) is 0 Å². The first kappa shape index (κ1) is 17.1. The Balaban J connectivity index is 1.77.